The molecule has 0 unspecified atom stereocenters. The first-order valence-electron chi connectivity index (χ1n) is 10.4. The fourth-order valence-corrected chi connectivity index (χ4v) is 3.90. The van der Waals surface area contributed by atoms with Crippen molar-refractivity contribution in [2.24, 2.45) is 11.8 Å². The van der Waals surface area contributed by atoms with Crippen molar-refractivity contribution in [3.8, 4) is 0 Å². The van der Waals surface area contributed by atoms with E-state index in [0.717, 1.165) is 55.6 Å². The van der Waals surface area contributed by atoms with Crippen LogP contribution in [0.25, 0.3) is 0 Å². The van der Waals surface area contributed by atoms with Gasteiger partial charge in [0.05, 0.1) is 0 Å². The van der Waals surface area contributed by atoms with Gasteiger partial charge in [-0.15, -0.1) is 0 Å². The Morgan fingerprint density at radius 3 is 1.71 bits per heavy atom. The highest BCUT2D eigenvalue weighted by molar-refractivity contribution is 6.30. The Morgan fingerprint density at radius 1 is 0.786 bits per heavy atom. The van der Waals surface area contributed by atoms with Gasteiger partial charge < -0.3 is 15.1 Å². The Hall–Kier alpha value is -2.08. The van der Waals surface area contributed by atoms with Crippen LogP contribution in [0.5, 0.6) is 0 Å². The Kier molecular flexibility index (Phi) is 5.85. The normalized spacial score (nSPS) is 19.1. The van der Waals surface area contributed by atoms with E-state index in [2.05, 4.69) is 29.0 Å². The highest BCUT2D eigenvalue weighted by atomic mass is 35.5. The van der Waals surface area contributed by atoms with E-state index in [0.29, 0.717) is 11.0 Å². The van der Waals surface area contributed by atoms with Gasteiger partial charge in [-0.2, -0.15) is 15.0 Å². The Labute approximate surface area is 172 Å². The molecule has 2 aliphatic heterocycles. The first-order chi connectivity index (χ1) is 13.6. The molecule has 3 heterocycles. The summed E-state index contributed by atoms with van der Waals surface area (Å²) in [5.74, 6) is 3.71. The van der Waals surface area contributed by atoms with Gasteiger partial charge in [0, 0.05) is 36.9 Å². The predicted octanol–water partition coefficient (Wildman–Crippen LogP) is 4.74. The molecule has 0 amide bonds. The molecule has 0 radical (unpaired) electrons. The number of hydrogen-bond donors (Lipinski definition) is 1. The van der Waals surface area contributed by atoms with Gasteiger partial charge in [0.1, 0.15) is 0 Å². The molecule has 2 saturated heterocycles. The topological polar surface area (TPSA) is 57.2 Å². The summed E-state index contributed by atoms with van der Waals surface area (Å²) in [5, 5.41) is 4.05. The molecular formula is C21H29ClN6. The highest BCUT2D eigenvalue weighted by Crippen LogP contribution is 2.26. The minimum absolute atomic E-state index is 0.597. The fourth-order valence-electron chi connectivity index (χ4n) is 3.77. The lowest BCUT2D eigenvalue weighted by atomic mass is 9.99. The molecule has 4 rings (SSSR count). The van der Waals surface area contributed by atoms with Crippen molar-refractivity contribution in [1.82, 2.24) is 15.0 Å². The largest absolute Gasteiger partial charge is 0.341 e. The first kappa shape index (κ1) is 19.2. The van der Waals surface area contributed by atoms with Gasteiger partial charge in [-0.3, -0.25) is 0 Å². The third-order valence-corrected chi connectivity index (χ3v) is 6.10. The van der Waals surface area contributed by atoms with Gasteiger partial charge >= 0.3 is 0 Å². The van der Waals surface area contributed by atoms with Crippen molar-refractivity contribution in [3.63, 3.8) is 0 Å². The number of nitrogens with zero attached hydrogens (tertiary/aromatic N) is 5. The molecule has 2 aromatic rings. The zero-order chi connectivity index (χ0) is 19.5. The molecule has 0 atom stereocenters. The first-order valence-corrected chi connectivity index (χ1v) is 10.7. The molecule has 6 nitrogen and oxygen atoms in total. The molecule has 0 saturated carbocycles. The summed E-state index contributed by atoms with van der Waals surface area (Å²) in [5.41, 5.74) is 0.923. The van der Waals surface area contributed by atoms with Crippen LogP contribution >= 0.6 is 11.6 Å². The third kappa shape index (κ3) is 4.66. The average molecular weight is 401 g/mol. The van der Waals surface area contributed by atoms with Crippen LogP contribution in [0.3, 0.4) is 0 Å². The highest BCUT2D eigenvalue weighted by Gasteiger charge is 2.23. The van der Waals surface area contributed by atoms with Crippen molar-refractivity contribution in [2.75, 3.05) is 41.3 Å². The van der Waals surface area contributed by atoms with Crippen molar-refractivity contribution in [3.05, 3.63) is 29.3 Å². The second kappa shape index (κ2) is 8.52. The molecule has 0 spiro atoms. The van der Waals surface area contributed by atoms with E-state index < -0.39 is 0 Å². The van der Waals surface area contributed by atoms with Crippen LogP contribution in [0.15, 0.2) is 24.3 Å². The van der Waals surface area contributed by atoms with Crippen LogP contribution in [-0.2, 0) is 0 Å². The number of hydrogen-bond acceptors (Lipinski definition) is 6. The van der Waals surface area contributed by atoms with Gasteiger partial charge in [0.2, 0.25) is 17.8 Å². The van der Waals surface area contributed by atoms with E-state index in [1.54, 1.807) is 0 Å². The summed E-state index contributed by atoms with van der Waals surface area (Å²) in [4.78, 5) is 18.9. The quantitative estimate of drug-likeness (QED) is 0.799. The van der Waals surface area contributed by atoms with E-state index in [9.17, 15) is 0 Å². The number of halogens is 1. The van der Waals surface area contributed by atoms with Gasteiger partial charge in [0.25, 0.3) is 0 Å². The summed E-state index contributed by atoms with van der Waals surface area (Å²) >= 11 is 6.01. The van der Waals surface area contributed by atoms with E-state index >= 15 is 0 Å². The van der Waals surface area contributed by atoms with E-state index in [1.807, 2.05) is 24.3 Å². The molecule has 1 N–H and O–H groups in total. The van der Waals surface area contributed by atoms with E-state index in [4.69, 9.17) is 26.6 Å². The van der Waals surface area contributed by atoms with Crippen LogP contribution < -0.4 is 15.1 Å². The van der Waals surface area contributed by atoms with Crippen LogP contribution in [0.2, 0.25) is 5.02 Å². The van der Waals surface area contributed by atoms with Gasteiger partial charge in [0.15, 0.2) is 0 Å². The second-order valence-corrected chi connectivity index (χ2v) is 8.67. The number of benzene rings is 1. The van der Waals surface area contributed by atoms with Crippen LogP contribution in [0, 0.1) is 11.8 Å². The lowest BCUT2D eigenvalue weighted by Crippen LogP contribution is -2.37. The van der Waals surface area contributed by atoms with Crippen molar-refractivity contribution in [2.45, 2.75) is 39.5 Å². The number of rotatable bonds is 4. The summed E-state index contributed by atoms with van der Waals surface area (Å²) in [6, 6.07) is 7.61. The molecule has 2 fully saturated rings. The van der Waals surface area contributed by atoms with Gasteiger partial charge in [-0.05, 0) is 61.8 Å². The monoisotopic (exact) mass is 400 g/mol. The number of piperidine rings is 2. The SMILES string of the molecule is CC1CCN(c2nc(Nc3ccc(Cl)cc3)nc(N3CCC(C)CC3)n2)CC1. The molecular weight excluding hydrogens is 372 g/mol. The standard InChI is InChI=1S/C21H29ClN6/c1-15-7-11-27(12-8-15)20-24-19(23-18-5-3-17(22)4-6-18)25-21(26-20)28-13-9-16(2)10-14-28/h3-6,15-16H,7-14H2,1-2H3,(H,23,24,25,26). The summed E-state index contributed by atoms with van der Waals surface area (Å²) < 4.78 is 0. The number of nitrogens with one attached hydrogen (secondary N) is 1. The smallest absolute Gasteiger partial charge is 0.233 e. The second-order valence-electron chi connectivity index (χ2n) is 8.23. The van der Waals surface area contributed by atoms with Crippen molar-refractivity contribution >= 4 is 35.1 Å². The minimum Gasteiger partial charge on any atom is -0.341 e. The van der Waals surface area contributed by atoms with Gasteiger partial charge in [-0.1, -0.05) is 25.4 Å². The minimum atomic E-state index is 0.597. The predicted molar refractivity (Wildman–Crippen MR) is 116 cm³/mol. The maximum Gasteiger partial charge on any atom is 0.233 e. The average Bonchev–Trinajstić information content (AvgIpc) is 2.71. The zero-order valence-electron chi connectivity index (χ0n) is 16.7. The summed E-state index contributed by atoms with van der Waals surface area (Å²) in [6.07, 6.45) is 4.73. The molecule has 7 heteroatoms. The lowest BCUT2D eigenvalue weighted by molar-refractivity contribution is 0.429. The zero-order valence-corrected chi connectivity index (χ0v) is 17.5. The van der Waals surface area contributed by atoms with E-state index in [-0.39, 0.29) is 0 Å². The maximum atomic E-state index is 6.01. The maximum absolute atomic E-state index is 6.01. The summed E-state index contributed by atoms with van der Waals surface area (Å²) in [7, 11) is 0. The van der Waals surface area contributed by atoms with Crippen molar-refractivity contribution < 1.29 is 0 Å². The Morgan fingerprint density at radius 2 is 1.25 bits per heavy atom. The Balaban J connectivity index is 1.61. The van der Waals surface area contributed by atoms with Crippen LogP contribution in [0.4, 0.5) is 23.5 Å². The summed E-state index contributed by atoms with van der Waals surface area (Å²) in [6.45, 7) is 8.64. The Bertz CT molecular complexity index is 740. The van der Waals surface area contributed by atoms with Crippen LogP contribution in [-0.4, -0.2) is 41.1 Å². The number of anilines is 4. The van der Waals surface area contributed by atoms with Crippen molar-refractivity contribution in [1.29, 1.82) is 0 Å². The molecule has 150 valence electrons. The molecule has 2 aliphatic rings. The van der Waals surface area contributed by atoms with Gasteiger partial charge in [-0.25, -0.2) is 0 Å². The third-order valence-electron chi connectivity index (χ3n) is 5.85. The molecule has 28 heavy (non-hydrogen) atoms. The molecule has 1 aromatic heterocycles. The molecule has 0 aliphatic carbocycles. The van der Waals surface area contributed by atoms with E-state index in [1.165, 1.54) is 25.7 Å². The molecule has 0 bridgehead atoms. The van der Waals surface area contributed by atoms with Crippen LogP contribution in [0.1, 0.15) is 39.5 Å². The number of aromatic nitrogens is 3. The fraction of sp³-hybridized carbons (Fsp3) is 0.571. The lowest BCUT2D eigenvalue weighted by Gasteiger charge is -2.33. The molecule has 1 aromatic carbocycles.